The number of nitrogens with one attached hydrogen (secondary N) is 2. The third-order valence-electron chi connectivity index (χ3n) is 5.37. The fraction of sp³-hybridized carbons (Fsp3) is 0.200. The minimum atomic E-state index is -0.430. The number of aromatic nitrogens is 3. The number of hydrogen-bond donors (Lipinski definition) is 2. The SMILES string of the molecule is CCn1c(SCC(=O)Nc2cccc3ccccc23)nnc1[C@H](C)NC(=O)c1ccc(Cl)cc1Cl. The van der Waals surface area contributed by atoms with Crippen LogP contribution in [0.3, 0.4) is 0 Å². The molecule has 0 aliphatic carbocycles. The third kappa shape index (κ3) is 5.78. The molecule has 180 valence electrons. The zero-order valence-corrected chi connectivity index (χ0v) is 21.4. The molecule has 0 saturated carbocycles. The molecule has 1 aromatic heterocycles. The summed E-state index contributed by atoms with van der Waals surface area (Å²) in [6, 6.07) is 18.0. The van der Waals surface area contributed by atoms with Gasteiger partial charge in [-0.05, 0) is 43.5 Å². The van der Waals surface area contributed by atoms with Crippen molar-refractivity contribution < 1.29 is 9.59 Å². The Balaban J connectivity index is 1.41. The standard InChI is InChI=1S/C25H23Cl2N5O2S/c1-3-32-23(15(2)28-24(34)19-12-11-17(26)13-20(19)27)30-31-25(32)35-14-22(33)29-21-10-6-8-16-7-4-5-9-18(16)21/h4-13,15H,3,14H2,1-2H3,(H,28,34)(H,29,33)/t15-/m0/s1. The molecule has 35 heavy (non-hydrogen) atoms. The van der Waals surface area contributed by atoms with Crippen LogP contribution < -0.4 is 10.6 Å². The summed E-state index contributed by atoms with van der Waals surface area (Å²) >= 11 is 13.4. The minimum absolute atomic E-state index is 0.141. The van der Waals surface area contributed by atoms with Gasteiger partial charge in [-0.1, -0.05) is 71.4 Å². The number of hydrogen-bond acceptors (Lipinski definition) is 5. The summed E-state index contributed by atoms with van der Waals surface area (Å²) in [5, 5.41) is 17.8. The fourth-order valence-corrected chi connectivity index (χ4v) is 4.99. The maximum Gasteiger partial charge on any atom is 0.253 e. The van der Waals surface area contributed by atoms with Crippen molar-refractivity contribution in [3.63, 3.8) is 0 Å². The van der Waals surface area contributed by atoms with E-state index >= 15 is 0 Å². The molecule has 7 nitrogen and oxygen atoms in total. The van der Waals surface area contributed by atoms with Crippen molar-refractivity contribution in [3.05, 3.63) is 82.1 Å². The van der Waals surface area contributed by atoms with E-state index in [1.807, 2.05) is 60.9 Å². The third-order valence-corrected chi connectivity index (χ3v) is 6.88. The minimum Gasteiger partial charge on any atom is -0.342 e. The highest BCUT2D eigenvalue weighted by Gasteiger charge is 2.21. The molecule has 0 fully saturated rings. The zero-order chi connectivity index (χ0) is 24.9. The van der Waals surface area contributed by atoms with Gasteiger partial charge < -0.3 is 15.2 Å². The van der Waals surface area contributed by atoms with Gasteiger partial charge in [0.1, 0.15) is 0 Å². The van der Waals surface area contributed by atoms with Gasteiger partial charge in [0.05, 0.1) is 22.4 Å². The second-order valence-electron chi connectivity index (χ2n) is 7.77. The van der Waals surface area contributed by atoms with E-state index in [9.17, 15) is 9.59 Å². The van der Waals surface area contributed by atoms with Gasteiger partial charge in [-0.2, -0.15) is 0 Å². The predicted molar refractivity (Wildman–Crippen MR) is 141 cm³/mol. The first kappa shape index (κ1) is 25.0. The van der Waals surface area contributed by atoms with Gasteiger partial charge in [0, 0.05) is 22.6 Å². The lowest BCUT2D eigenvalue weighted by atomic mass is 10.1. The molecular formula is C25H23Cl2N5O2S. The molecule has 2 amide bonds. The smallest absolute Gasteiger partial charge is 0.253 e. The van der Waals surface area contributed by atoms with Gasteiger partial charge in [0.15, 0.2) is 11.0 Å². The van der Waals surface area contributed by atoms with Crippen LogP contribution in [-0.2, 0) is 11.3 Å². The number of halogens is 2. The quantitative estimate of drug-likeness (QED) is 0.275. The first-order chi connectivity index (χ1) is 16.9. The molecule has 0 aliphatic rings. The number of carbonyl (C=O) groups excluding carboxylic acids is 2. The monoisotopic (exact) mass is 527 g/mol. The van der Waals surface area contributed by atoms with E-state index in [1.165, 1.54) is 17.8 Å². The molecule has 0 spiro atoms. The van der Waals surface area contributed by atoms with Crippen LogP contribution >= 0.6 is 35.0 Å². The summed E-state index contributed by atoms with van der Waals surface area (Å²) in [6.07, 6.45) is 0. The molecule has 0 unspecified atom stereocenters. The molecule has 0 aliphatic heterocycles. The van der Waals surface area contributed by atoms with Crippen LogP contribution in [0.25, 0.3) is 10.8 Å². The van der Waals surface area contributed by atoms with Crippen molar-refractivity contribution >= 4 is 63.2 Å². The Labute approximate surface area is 217 Å². The molecule has 0 saturated heterocycles. The number of anilines is 1. The number of carbonyl (C=O) groups is 2. The van der Waals surface area contributed by atoms with E-state index in [-0.39, 0.29) is 22.6 Å². The van der Waals surface area contributed by atoms with Crippen LogP contribution in [-0.4, -0.2) is 32.3 Å². The van der Waals surface area contributed by atoms with E-state index in [0.717, 1.165) is 16.5 Å². The number of thioether (sulfide) groups is 1. The van der Waals surface area contributed by atoms with Crippen molar-refractivity contribution in [1.29, 1.82) is 0 Å². The Bertz CT molecular complexity index is 1390. The van der Waals surface area contributed by atoms with E-state index in [2.05, 4.69) is 20.8 Å². The van der Waals surface area contributed by atoms with Crippen molar-refractivity contribution in [2.75, 3.05) is 11.1 Å². The van der Waals surface area contributed by atoms with Gasteiger partial charge in [0.25, 0.3) is 5.91 Å². The van der Waals surface area contributed by atoms with Crippen LogP contribution in [0, 0.1) is 0 Å². The van der Waals surface area contributed by atoms with Crippen LogP contribution in [0.5, 0.6) is 0 Å². The van der Waals surface area contributed by atoms with Crippen molar-refractivity contribution in [2.24, 2.45) is 0 Å². The summed E-state index contributed by atoms with van der Waals surface area (Å²) in [5.74, 6) is 0.274. The maximum atomic E-state index is 12.7. The number of fused-ring (bicyclic) bond motifs is 1. The van der Waals surface area contributed by atoms with Gasteiger partial charge in [-0.25, -0.2) is 0 Å². The summed E-state index contributed by atoms with van der Waals surface area (Å²) < 4.78 is 1.88. The molecule has 0 bridgehead atoms. The molecule has 0 radical (unpaired) electrons. The molecule has 1 heterocycles. The molecule has 10 heteroatoms. The van der Waals surface area contributed by atoms with Crippen LogP contribution in [0.4, 0.5) is 5.69 Å². The molecule has 4 rings (SSSR count). The topological polar surface area (TPSA) is 88.9 Å². The van der Waals surface area contributed by atoms with Crippen LogP contribution in [0.15, 0.2) is 65.8 Å². The number of benzene rings is 3. The Morgan fingerprint density at radius 3 is 2.60 bits per heavy atom. The van der Waals surface area contributed by atoms with E-state index < -0.39 is 6.04 Å². The Kier molecular flexibility index (Phi) is 7.95. The first-order valence-corrected chi connectivity index (χ1v) is 12.7. The summed E-state index contributed by atoms with van der Waals surface area (Å²) in [4.78, 5) is 25.4. The van der Waals surface area contributed by atoms with E-state index in [4.69, 9.17) is 23.2 Å². The number of rotatable bonds is 8. The number of amides is 2. The summed E-state index contributed by atoms with van der Waals surface area (Å²) in [6.45, 7) is 4.36. The van der Waals surface area contributed by atoms with Gasteiger partial charge >= 0.3 is 0 Å². The second kappa shape index (κ2) is 11.1. The molecule has 4 aromatic rings. The Hall–Kier alpha value is -3.07. The summed E-state index contributed by atoms with van der Waals surface area (Å²) in [7, 11) is 0. The van der Waals surface area contributed by atoms with E-state index in [1.54, 1.807) is 12.1 Å². The highest BCUT2D eigenvalue weighted by Crippen LogP contribution is 2.25. The molecule has 2 N–H and O–H groups in total. The van der Waals surface area contributed by atoms with Crippen molar-refractivity contribution in [2.45, 2.75) is 31.6 Å². The van der Waals surface area contributed by atoms with Gasteiger partial charge in [-0.3, -0.25) is 9.59 Å². The Morgan fingerprint density at radius 2 is 1.83 bits per heavy atom. The van der Waals surface area contributed by atoms with E-state index in [0.29, 0.717) is 28.1 Å². The largest absolute Gasteiger partial charge is 0.342 e. The average Bonchev–Trinajstić information content (AvgIpc) is 3.26. The Morgan fingerprint density at radius 1 is 1.06 bits per heavy atom. The van der Waals surface area contributed by atoms with Crippen LogP contribution in [0.1, 0.15) is 36.1 Å². The molecule has 1 atom stereocenters. The average molecular weight is 528 g/mol. The summed E-state index contributed by atoms with van der Waals surface area (Å²) in [5.41, 5.74) is 1.09. The second-order valence-corrected chi connectivity index (χ2v) is 9.55. The highest BCUT2D eigenvalue weighted by molar-refractivity contribution is 7.99. The fourth-order valence-electron chi connectivity index (χ4n) is 3.69. The number of nitrogens with zero attached hydrogens (tertiary/aromatic N) is 3. The zero-order valence-electron chi connectivity index (χ0n) is 19.1. The van der Waals surface area contributed by atoms with Crippen molar-refractivity contribution in [3.8, 4) is 0 Å². The van der Waals surface area contributed by atoms with Gasteiger partial charge in [0.2, 0.25) is 5.91 Å². The highest BCUT2D eigenvalue weighted by atomic mass is 35.5. The lowest BCUT2D eigenvalue weighted by Gasteiger charge is -2.15. The lowest BCUT2D eigenvalue weighted by Crippen LogP contribution is -2.29. The van der Waals surface area contributed by atoms with Crippen LogP contribution in [0.2, 0.25) is 10.0 Å². The normalized spacial score (nSPS) is 11.9. The predicted octanol–water partition coefficient (Wildman–Crippen LogP) is 5.98. The van der Waals surface area contributed by atoms with Crippen molar-refractivity contribution in [1.82, 2.24) is 20.1 Å². The van der Waals surface area contributed by atoms with Gasteiger partial charge in [-0.15, -0.1) is 10.2 Å². The molecule has 3 aromatic carbocycles. The molecular weight excluding hydrogens is 505 g/mol. The first-order valence-electron chi connectivity index (χ1n) is 11.0. The maximum absolute atomic E-state index is 12.7. The lowest BCUT2D eigenvalue weighted by molar-refractivity contribution is -0.113.